The molecule has 1 fully saturated rings. The second-order valence-corrected chi connectivity index (χ2v) is 8.69. The summed E-state index contributed by atoms with van der Waals surface area (Å²) < 4.78 is 37.9. The van der Waals surface area contributed by atoms with E-state index in [0.29, 0.717) is 40.4 Å². The van der Waals surface area contributed by atoms with Crippen LogP contribution in [0.25, 0.3) is 10.9 Å². The largest absolute Gasteiger partial charge is 0.379 e. The number of primary sulfonamides is 1. The van der Waals surface area contributed by atoms with Crippen molar-refractivity contribution in [3.8, 4) is 0 Å². The van der Waals surface area contributed by atoms with Crippen molar-refractivity contribution >= 4 is 43.9 Å². The number of hydrogen-bond acceptors (Lipinski definition) is 5. The monoisotopic (exact) mass is 420 g/mol. The maximum atomic E-state index is 14.2. The van der Waals surface area contributed by atoms with Gasteiger partial charge in [-0.2, -0.15) is 0 Å². The molecular formula is C19H18ClFN4O2S. The van der Waals surface area contributed by atoms with Crippen molar-refractivity contribution < 1.29 is 12.8 Å². The molecule has 9 heteroatoms. The molecule has 3 N–H and O–H groups in total. The van der Waals surface area contributed by atoms with Crippen LogP contribution in [0, 0.1) is 5.82 Å². The predicted molar refractivity (Wildman–Crippen MR) is 109 cm³/mol. The molecule has 4 rings (SSSR count). The molecule has 3 aromatic rings. The van der Waals surface area contributed by atoms with E-state index in [-0.39, 0.29) is 16.8 Å². The van der Waals surface area contributed by atoms with Crippen molar-refractivity contribution in [2.45, 2.75) is 17.4 Å². The molecule has 0 aliphatic carbocycles. The Hall–Kier alpha value is -2.42. The zero-order chi connectivity index (χ0) is 19.9. The zero-order valence-corrected chi connectivity index (χ0v) is 16.3. The van der Waals surface area contributed by atoms with Gasteiger partial charge in [-0.25, -0.2) is 17.9 Å². The molecule has 1 unspecified atom stereocenters. The molecule has 1 aliphatic rings. The number of anilines is 2. The Morgan fingerprint density at radius 3 is 2.82 bits per heavy atom. The lowest BCUT2D eigenvalue weighted by atomic mass is 10.1. The summed E-state index contributed by atoms with van der Waals surface area (Å²) in [6.07, 6.45) is 2.40. The van der Waals surface area contributed by atoms with E-state index in [1.165, 1.54) is 12.1 Å². The van der Waals surface area contributed by atoms with Gasteiger partial charge in [0.05, 0.1) is 21.8 Å². The lowest BCUT2D eigenvalue weighted by Gasteiger charge is -2.20. The van der Waals surface area contributed by atoms with Crippen molar-refractivity contribution in [2.24, 2.45) is 5.14 Å². The topological polar surface area (TPSA) is 88.3 Å². The van der Waals surface area contributed by atoms with Crippen molar-refractivity contribution in [1.82, 2.24) is 4.98 Å². The smallest absolute Gasteiger partial charge is 0.238 e. The predicted octanol–water partition coefficient (Wildman–Crippen LogP) is 3.37. The van der Waals surface area contributed by atoms with Crippen LogP contribution in [0.5, 0.6) is 0 Å². The second-order valence-electron chi connectivity index (χ2n) is 6.73. The van der Waals surface area contributed by atoms with Crippen LogP contribution in [0.15, 0.2) is 53.6 Å². The third-order valence-corrected chi connectivity index (χ3v) is 6.04. The number of hydrogen-bond donors (Lipinski definition) is 2. The highest BCUT2D eigenvalue weighted by Gasteiger charge is 2.25. The normalized spacial score (nSPS) is 17.2. The molecule has 1 saturated heterocycles. The lowest BCUT2D eigenvalue weighted by Crippen LogP contribution is -2.26. The Labute approximate surface area is 167 Å². The van der Waals surface area contributed by atoms with Gasteiger partial charge in [0.15, 0.2) is 0 Å². The van der Waals surface area contributed by atoms with Gasteiger partial charge in [0.1, 0.15) is 5.82 Å². The summed E-state index contributed by atoms with van der Waals surface area (Å²) in [4.78, 5) is 6.32. The minimum absolute atomic E-state index is 0.0393. The number of fused-ring (bicyclic) bond motifs is 1. The number of rotatable bonds is 4. The summed E-state index contributed by atoms with van der Waals surface area (Å²) in [5.74, 6) is -0.349. The number of halogens is 2. The highest BCUT2D eigenvalue weighted by atomic mass is 35.5. The van der Waals surface area contributed by atoms with Crippen LogP contribution in [0.1, 0.15) is 6.42 Å². The van der Waals surface area contributed by atoms with Crippen LogP contribution in [0.2, 0.25) is 5.02 Å². The maximum absolute atomic E-state index is 14.2. The van der Waals surface area contributed by atoms with Crippen LogP contribution in [-0.2, 0) is 10.0 Å². The molecule has 0 bridgehead atoms. The van der Waals surface area contributed by atoms with Gasteiger partial charge in [-0.3, -0.25) is 4.98 Å². The number of nitrogens with one attached hydrogen (secondary N) is 1. The summed E-state index contributed by atoms with van der Waals surface area (Å²) in [6, 6.07) is 11.2. The van der Waals surface area contributed by atoms with Gasteiger partial charge >= 0.3 is 0 Å². The molecular weight excluding hydrogens is 403 g/mol. The number of benzene rings is 2. The van der Waals surface area contributed by atoms with Crippen molar-refractivity contribution in [3.05, 3.63) is 59.5 Å². The summed E-state index contributed by atoms with van der Waals surface area (Å²) >= 11 is 5.83. The molecule has 0 radical (unpaired) electrons. The number of sulfonamides is 1. The number of nitrogens with zero attached hydrogens (tertiary/aromatic N) is 2. The lowest BCUT2D eigenvalue weighted by molar-refractivity contribution is 0.598. The first kappa shape index (κ1) is 18.9. The molecule has 0 amide bonds. The second kappa shape index (κ2) is 7.20. The first-order chi connectivity index (χ1) is 13.3. The van der Waals surface area contributed by atoms with E-state index in [4.69, 9.17) is 16.7 Å². The third-order valence-electron chi connectivity index (χ3n) is 4.83. The fourth-order valence-corrected chi connectivity index (χ4v) is 4.45. The highest BCUT2D eigenvalue weighted by Crippen LogP contribution is 2.30. The maximum Gasteiger partial charge on any atom is 0.238 e. The van der Waals surface area contributed by atoms with Gasteiger partial charge in [-0.15, -0.1) is 0 Å². The Morgan fingerprint density at radius 1 is 1.25 bits per heavy atom. The summed E-state index contributed by atoms with van der Waals surface area (Å²) in [5, 5.41) is 9.55. The van der Waals surface area contributed by atoms with Gasteiger partial charge in [-0.05, 0) is 48.9 Å². The molecule has 0 spiro atoms. The van der Waals surface area contributed by atoms with Crippen molar-refractivity contribution in [3.63, 3.8) is 0 Å². The summed E-state index contributed by atoms with van der Waals surface area (Å²) in [7, 11) is -3.86. The molecule has 28 heavy (non-hydrogen) atoms. The van der Waals surface area contributed by atoms with Crippen LogP contribution in [0.3, 0.4) is 0 Å². The molecule has 1 atom stereocenters. The fourth-order valence-electron chi connectivity index (χ4n) is 3.57. The quantitative estimate of drug-likeness (QED) is 0.675. The first-order valence-electron chi connectivity index (χ1n) is 8.70. The minimum atomic E-state index is -3.86. The van der Waals surface area contributed by atoms with E-state index in [1.807, 2.05) is 4.90 Å². The SMILES string of the molecule is NS(=O)(=O)c1ccc(NC2CCN(c3ccc(Cl)cc3F)C2)c2ncccc12. The number of nitrogens with two attached hydrogens (primary N) is 1. The molecule has 1 aliphatic heterocycles. The van der Waals surface area contributed by atoms with E-state index >= 15 is 0 Å². The minimum Gasteiger partial charge on any atom is -0.379 e. The van der Waals surface area contributed by atoms with Gasteiger partial charge in [0.2, 0.25) is 10.0 Å². The van der Waals surface area contributed by atoms with Crippen LogP contribution >= 0.6 is 11.6 Å². The van der Waals surface area contributed by atoms with E-state index < -0.39 is 10.0 Å². The molecule has 2 heterocycles. The molecule has 1 aromatic heterocycles. The van der Waals surface area contributed by atoms with Crippen molar-refractivity contribution in [2.75, 3.05) is 23.3 Å². The zero-order valence-electron chi connectivity index (χ0n) is 14.8. The van der Waals surface area contributed by atoms with E-state index in [2.05, 4.69) is 10.3 Å². The number of pyridine rings is 1. The molecule has 2 aromatic carbocycles. The number of aromatic nitrogens is 1. The highest BCUT2D eigenvalue weighted by molar-refractivity contribution is 7.89. The van der Waals surface area contributed by atoms with E-state index in [9.17, 15) is 12.8 Å². The van der Waals surface area contributed by atoms with E-state index in [1.54, 1.807) is 36.5 Å². The van der Waals surface area contributed by atoms with Gasteiger partial charge < -0.3 is 10.2 Å². The standard InChI is InChI=1S/C19H18ClFN4O2S/c20-12-3-5-17(15(21)10-12)25-9-7-13(11-25)24-16-4-6-18(28(22,26)27)14-2-1-8-23-19(14)16/h1-6,8,10,13,24H,7,9,11H2,(H2,22,26,27). The van der Waals surface area contributed by atoms with Crippen LogP contribution in [0.4, 0.5) is 15.8 Å². The molecule has 6 nitrogen and oxygen atoms in total. The Kier molecular flexibility index (Phi) is 4.86. The fraction of sp³-hybridized carbons (Fsp3) is 0.211. The third kappa shape index (κ3) is 3.63. The Bertz CT molecular complexity index is 1160. The Balaban J connectivity index is 1.60. The van der Waals surface area contributed by atoms with Crippen molar-refractivity contribution in [1.29, 1.82) is 0 Å². The molecule has 146 valence electrons. The van der Waals surface area contributed by atoms with Crippen LogP contribution in [-0.4, -0.2) is 32.5 Å². The average Bonchev–Trinajstić information content (AvgIpc) is 3.09. The van der Waals surface area contributed by atoms with Crippen LogP contribution < -0.4 is 15.4 Å². The van der Waals surface area contributed by atoms with Gasteiger partial charge in [-0.1, -0.05) is 11.6 Å². The van der Waals surface area contributed by atoms with Gasteiger partial charge in [0.25, 0.3) is 0 Å². The summed E-state index contributed by atoms with van der Waals surface area (Å²) in [5.41, 5.74) is 1.76. The Morgan fingerprint density at radius 2 is 2.07 bits per heavy atom. The van der Waals surface area contributed by atoms with Gasteiger partial charge in [0, 0.05) is 35.7 Å². The first-order valence-corrected chi connectivity index (χ1v) is 10.6. The summed E-state index contributed by atoms with van der Waals surface area (Å²) in [6.45, 7) is 1.29. The molecule has 0 saturated carbocycles. The van der Waals surface area contributed by atoms with E-state index in [0.717, 1.165) is 6.42 Å². The average molecular weight is 421 g/mol.